The van der Waals surface area contributed by atoms with E-state index in [-0.39, 0.29) is 17.4 Å². The van der Waals surface area contributed by atoms with Crippen molar-refractivity contribution in [2.24, 2.45) is 11.8 Å². The van der Waals surface area contributed by atoms with Gasteiger partial charge in [0.25, 0.3) is 6.47 Å². The Balaban J connectivity index is 0.000000255. The fraction of sp³-hybridized carbons (Fsp3) is 0.583. The number of carbonyl (C=O) groups is 1. The van der Waals surface area contributed by atoms with Crippen molar-refractivity contribution in [1.82, 2.24) is 19.9 Å². The molecule has 2 saturated heterocycles. The largest absolute Gasteiger partial charge is 0.473 e. The third-order valence-corrected chi connectivity index (χ3v) is 7.95. The molecule has 4 atom stereocenters. The first-order chi connectivity index (χ1) is 16.0. The summed E-state index contributed by atoms with van der Waals surface area (Å²) in [4.78, 5) is 27.6. The van der Waals surface area contributed by atoms with Crippen LogP contribution in [0, 0.1) is 18.8 Å². The highest BCUT2D eigenvalue weighted by molar-refractivity contribution is 5.68. The van der Waals surface area contributed by atoms with Gasteiger partial charge in [-0.15, -0.1) is 0 Å². The van der Waals surface area contributed by atoms with Crippen LogP contribution < -0.4 is 9.64 Å². The van der Waals surface area contributed by atoms with Crippen LogP contribution in [-0.2, 0) is 20.7 Å². The molecular weight excluding hydrogens is 422 g/mol. The van der Waals surface area contributed by atoms with Gasteiger partial charge in [0.1, 0.15) is 29.6 Å². The van der Waals surface area contributed by atoms with Gasteiger partial charge in [0, 0.05) is 25.7 Å². The summed E-state index contributed by atoms with van der Waals surface area (Å²) in [7, 11) is 2.13. The van der Waals surface area contributed by atoms with Gasteiger partial charge in [-0.25, -0.2) is 9.97 Å². The van der Waals surface area contributed by atoms with Gasteiger partial charge in [-0.05, 0) is 45.9 Å². The second-order valence-corrected chi connectivity index (χ2v) is 9.90. The molecule has 0 amide bonds. The molecule has 5 heterocycles. The third-order valence-electron chi connectivity index (χ3n) is 7.95. The minimum atomic E-state index is -0.0677. The lowest BCUT2D eigenvalue weighted by atomic mass is 9.54. The lowest BCUT2D eigenvalue weighted by Gasteiger charge is -2.76. The van der Waals surface area contributed by atoms with E-state index in [1.807, 2.05) is 19.2 Å². The van der Waals surface area contributed by atoms with Gasteiger partial charge in [0.2, 0.25) is 5.88 Å². The highest BCUT2D eigenvalue weighted by Crippen LogP contribution is 2.63. The zero-order chi connectivity index (χ0) is 22.8. The summed E-state index contributed by atoms with van der Waals surface area (Å²) in [5, 5.41) is 0. The Labute approximate surface area is 193 Å². The van der Waals surface area contributed by atoms with Gasteiger partial charge in [-0.3, -0.25) is 14.7 Å². The van der Waals surface area contributed by atoms with Crippen LogP contribution in [0.2, 0.25) is 0 Å². The van der Waals surface area contributed by atoms with Crippen molar-refractivity contribution in [2.45, 2.75) is 50.5 Å². The van der Waals surface area contributed by atoms with Crippen molar-refractivity contribution >= 4 is 18.0 Å². The van der Waals surface area contributed by atoms with Crippen molar-refractivity contribution in [1.29, 1.82) is 0 Å². The predicted octanol–water partition coefficient (Wildman–Crippen LogP) is 2.25. The molecular formula is C24H29N5O4. The SMILES string of the molecule is CC1(OC=O)CC1.Cc1c(OC2C3COC34C2CN4C)ncnc1N1CCc2ncccc21. The average Bonchev–Trinajstić information content (AvgIpc) is 3.35. The monoisotopic (exact) mass is 451 g/mol. The van der Waals surface area contributed by atoms with Crippen LogP contribution in [0.4, 0.5) is 11.5 Å². The van der Waals surface area contributed by atoms with Gasteiger partial charge in [-0.1, -0.05) is 0 Å². The zero-order valence-electron chi connectivity index (χ0n) is 19.2. The van der Waals surface area contributed by atoms with E-state index < -0.39 is 0 Å². The molecule has 2 aromatic heterocycles. The van der Waals surface area contributed by atoms with Gasteiger partial charge >= 0.3 is 0 Å². The number of hydrogen-bond acceptors (Lipinski definition) is 9. The van der Waals surface area contributed by atoms with Crippen LogP contribution in [0.3, 0.4) is 0 Å². The molecule has 9 nitrogen and oxygen atoms in total. The van der Waals surface area contributed by atoms with E-state index in [4.69, 9.17) is 9.47 Å². The fourth-order valence-electron chi connectivity index (χ4n) is 5.64. The molecule has 5 aliphatic rings. The Hall–Kier alpha value is -2.78. The standard InChI is InChI=1S/C19H21N5O2.C5H8O2/c1-11-17(24-7-5-14-15(24)4-3-6-20-14)21-10-22-18(11)26-16-12-8-23(2)19(12)13(16)9-25-19;1-5(2-3-5)7-4-6/h3-4,6,10,12-13,16H,5,7-9H2,1-2H3;4H,2-3H2,1H3. The van der Waals surface area contributed by atoms with E-state index in [0.717, 1.165) is 61.7 Å². The number of pyridine rings is 1. The fourth-order valence-corrected chi connectivity index (χ4v) is 5.64. The number of carbonyl (C=O) groups excluding carboxylic acids is 1. The van der Waals surface area contributed by atoms with Crippen molar-refractivity contribution < 1.29 is 19.0 Å². The van der Waals surface area contributed by atoms with Gasteiger partial charge in [0.05, 0.1) is 35.4 Å². The molecule has 3 aliphatic heterocycles. The number of aromatic nitrogens is 3. The van der Waals surface area contributed by atoms with E-state index in [1.165, 1.54) is 0 Å². The summed E-state index contributed by atoms with van der Waals surface area (Å²) in [6, 6.07) is 4.08. The van der Waals surface area contributed by atoms with Gasteiger partial charge in [-0.2, -0.15) is 0 Å². The molecule has 0 aromatic carbocycles. The Morgan fingerprint density at radius 2 is 2.09 bits per heavy atom. The highest BCUT2D eigenvalue weighted by Gasteiger charge is 2.78. The Morgan fingerprint density at radius 1 is 1.24 bits per heavy atom. The maximum absolute atomic E-state index is 9.64. The molecule has 0 radical (unpaired) electrons. The number of fused-ring (bicyclic) bond motifs is 1. The van der Waals surface area contributed by atoms with Gasteiger partial charge in [0.15, 0.2) is 0 Å². The molecule has 0 N–H and O–H groups in total. The first kappa shape index (κ1) is 20.8. The Kier molecular flexibility index (Phi) is 4.64. The summed E-state index contributed by atoms with van der Waals surface area (Å²) in [5.74, 6) is 2.54. The van der Waals surface area contributed by atoms with Crippen LogP contribution in [0.25, 0.3) is 0 Å². The van der Waals surface area contributed by atoms with E-state index in [2.05, 4.69) is 49.5 Å². The van der Waals surface area contributed by atoms with Crippen LogP contribution in [0.5, 0.6) is 5.88 Å². The topological polar surface area (TPSA) is 89.9 Å². The second-order valence-electron chi connectivity index (χ2n) is 9.90. The number of piperidine rings is 1. The zero-order valence-corrected chi connectivity index (χ0v) is 19.2. The molecule has 4 fully saturated rings. The maximum Gasteiger partial charge on any atom is 0.293 e. The van der Waals surface area contributed by atoms with Crippen LogP contribution in [0.1, 0.15) is 31.0 Å². The summed E-state index contributed by atoms with van der Waals surface area (Å²) >= 11 is 0. The first-order valence-corrected chi connectivity index (χ1v) is 11.6. The highest BCUT2D eigenvalue weighted by atomic mass is 16.6. The van der Waals surface area contributed by atoms with Crippen molar-refractivity contribution in [3.05, 3.63) is 35.9 Å². The minimum Gasteiger partial charge on any atom is -0.473 e. The molecule has 0 bridgehead atoms. The number of anilines is 2. The van der Waals surface area contributed by atoms with E-state index in [1.54, 1.807) is 6.33 Å². The second kappa shape index (κ2) is 7.36. The average molecular weight is 452 g/mol. The smallest absolute Gasteiger partial charge is 0.293 e. The van der Waals surface area contributed by atoms with E-state index in [9.17, 15) is 4.79 Å². The first-order valence-electron chi connectivity index (χ1n) is 11.6. The molecule has 2 saturated carbocycles. The number of nitrogens with zero attached hydrogens (tertiary/aromatic N) is 5. The lowest BCUT2D eigenvalue weighted by Crippen LogP contribution is -2.90. The number of ether oxygens (including phenoxy) is 3. The van der Waals surface area contributed by atoms with Gasteiger partial charge < -0.3 is 19.1 Å². The normalized spacial score (nSPS) is 31.8. The quantitative estimate of drug-likeness (QED) is 0.635. The Bertz CT molecular complexity index is 1080. The van der Waals surface area contributed by atoms with Crippen molar-refractivity contribution in [2.75, 3.05) is 31.6 Å². The molecule has 4 unspecified atom stereocenters. The number of hydrogen-bond donors (Lipinski definition) is 0. The lowest BCUT2D eigenvalue weighted by molar-refractivity contribution is -0.450. The predicted molar refractivity (Wildman–Crippen MR) is 119 cm³/mol. The summed E-state index contributed by atoms with van der Waals surface area (Å²) in [6.45, 7) is 7.21. The maximum atomic E-state index is 9.64. The van der Waals surface area contributed by atoms with Crippen LogP contribution in [-0.4, -0.2) is 70.5 Å². The van der Waals surface area contributed by atoms with Crippen molar-refractivity contribution in [3.63, 3.8) is 0 Å². The van der Waals surface area contributed by atoms with E-state index in [0.29, 0.717) is 24.2 Å². The Morgan fingerprint density at radius 3 is 2.73 bits per heavy atom. The summed E-state index contributed by atoms with van der Waals surface area (Å²) < 4.78 is 16.9. The van der Waals surface area contributed by atoms with Crippen LogP contribution in [0.15, 0.2) is 24.7 Å². The van der Waals surface area contributed by atoms with Crippen molar-refractivity contribution in [3.8, 4) is 5.88 Å². The molecule has 7 rings (SSSR count). The molecule has 9 heteroatoms. The molecule has 2 aliphatic carbocycles. The summed E-state index contributed by atoms with van der Waals surface area (Å²) in [6.07, 6.45) is 6.67. The van der Waals surface area contributed by atoms with Crippen LogP contribution >= 0.6 is 0 Å². The minimum absolute atomic E-state index is 0.0337. The number of likely N-dealkylation sites (tertiary alicyclic amines) is 1. The summed E-state index contributed by atoms with van der Waals surface area (Å²) in [5.41, 5.74) is 3.15. The molecule has 33 heavy (non-hydrogen) atoms. The third kappa shape index (κ3) is 3.05. The molecule has 1 spiro atoms. The molecule has 174 valence electrons. The number of rotatable bonds is 5. The van der Waals surface area contributed by atoms with E-state index >= 15 is 0 Å². The molecule has 2 aromatic rings.